The molecule has 0 saturated heterocycles. The van der Waals surface area contributed by atoms with Gasteiger partial charge in [-0.2, -0.15) is 0 Å². The van der Waals surface area contributed by atoms with Crippen molar-refractivity contribution in [2.75, 3.05) is 34.2 Å². The van der Waals surface area contributed by atoms with Gasteiger partial charge in [0.25, 0.3) is 0 Å². The van der Waals surface area contributed by atoms with Crippen molar-refractivity contribution in [3.63, 3.8) is 0 Å². The quantitative estimate of drug-likeness (QED) is 0.187. The smallest absolute Gasteiger partial charge is 0.243 e. The summed E-state index contributed by atoms with van der Waals surface area (Å²) in [6.45, 7) is 2.89. The molecule has 1 fully saturated rings. The predicted molar refractivity (Wildman–Crippen MR) is 178 cm³/mol. The van der Waals surface area contributed by atoms with E-state index in [0.29, 0.717) is 38.3 Å². The van der Waals surface area contributed by atoms with Gasteiger partial charge in [0.15, 0.2) is 0 Å². The first-order chi connectivity index (χ1) is 21.5. The summed E-state index contributed by atoms with van der Waals surface area (Å²) in [7, 11) is 5.60. The first kappa shape index (κ1) is 37.8. The van der Waals surface area contributed by atoms with Crippen LogP contribution in [0.4, 0.5) is 0 Å². The Morgan fingerprint density at radius 3 is 2.31 bits per heavy atom. The molecule has 3 amide bonds. The van der Waals surface area contributed by atoms with E-state index >= 15 is 0 Å². The lowest BCUT2D eigenvalue weighted by molar-refractivity contribution is -0.136. The van der Waals surface area contributed by atoms with E-state index in [9.17, 15) is 24.6 Å². The van der Waals surface area contributed by atoms with Crippen molar-refractivity contribution < 1.29 is 24.6 Å². The van der Waals surface area contributed by atoms with E-state index in [1.54, 1.807) is 18.9 Å². The van der Waals surface area contributed by atoms with Crippen LogP contribution in [-0.2, 0) is 20.8 Å². The molecule has 0 unspecified atom stereocenters. The van der Waals surface area contributed by atoms with Crippen LogP contribution >= 0.6 is 0 Å². The summed E-state index contributed by atoms with van der Waals surface area (Å²) in [5.74, 6) is 6.74. The Labute approximate surface area is 270 Å². The van der Waals surface area contributed by atoms with Gasteiger partial charge < -0.3 is 30.6 Å². The fraction of sp³-hybridized carbons (Fsp3) is 0.639. The second-order valence-corrected chi connectivity index (χ2v) is 12.6. The third kappa shape index (κ3) is 14.1. The van der Waals surface area contributed by atoms with Gasteiger partial charge in [-0.05, 0) is 51.8 Å². The zero-order valence-corrected chi connectivity index (χ0v) is 27.6. The van der Waals surface area contributed by atoms with E-state index in [4.69, 9.17) is 6.42 Å². The van der Waals surface area contributed by atoms with Crippen LogP contribution in [0.25, 0.3) is 0 Å². The van der Waals surface area contributed by atoms with Gasteiger partial charge in [-0.15, -0.1) is 24.2 Å². The number of aliphatic hydroxyl groups excluding tert-OH is 2. The van der Waals surface area contributed by atoms with Gasteiger partial charge in [-0.3, -0.25) is 14.4 Å². The van der Waals surface area contributed by atoms with Crippen LogP contribution in [-0.4, -0.2) is 96.3 Å². The summed E-state index contributed by atoms with van der Waals surface area (Å²) in [6.07, 6.45) is 9.85. The maximum absolute atomic E-state index is 13.8. The molecular formula is C36H54N4O5. The van der Waals surface area contributed by atoms with Crippen LogP contribution < -0.4 is 10.6 Å². The molecule has 0 bridgehead atoms. The highest BCUT2D eigenvalue weighted by Crippen LogP contribution is 2.29. The molecule has 1 aromatic rings. The molecule has 0 spiro atoms. The highest BCUT2D eigenvalue weighted by molar-refractivity contribution is 5.91. The second-order valence-electron chi connectivity index (χ2n) is 12.6. The Morgan fingerprint density at radius 1 is 1.00 bits per heavy atom. The maximum atomic E-state index is 13.8. The summed E-state index contributed by atoms with van der Waals surface area (Å²) < 4.78 is 0. The van der Waals surface area contributed by atoms with Crippen LogP contribution in [0.2, 0.25) is 0 Å². The highest BCUT2D eigenvalue weighted by Gasteiger charge is 2.34. The number of aliphatic hydroxyl groups is 2. The zero-order valence-electron chi connectivity index (χ0n) is 27.6. The number of amides is 3. The lowest BCUT2D eigenvalue weighted by atomic mass is 9.82. The summed E-state index contributed by atoms with van der Waals surface area (Å²) in [4.78, 5) is 44.3. The van der Waals surface area contributed by atoms with Crippen molar-refractivity contribution in [1.29, 1.82) is 0 Å². The number of benzene rings is 1. The standard InChI is InChI=1S/C36H54N4O5/c1-6-8-20-30(36(45)38-31(25-28-18-14-11-15-19-28)34(43)32(41)21-9-7-2)37-35(44)29(24-27-16-12-10-13-17-27)26-33(42)40(5)23-22-39(3)4/h2,10,12-13,16-17,28-32,34,41,43H,9,11,14-15,18-26H2,1,3-5H3,(H,37,44)(H,38,45)/t29-,30+,31+,32+,34-/m1/s1. The number of terminal acetylenes is 1. The molecule has 0 aliphatic heterocycles. The van der Waals surface area contributed by atoms with Gasteiger partial charge in [-0.25, -0.2) is 0 Å². The normalized spacial score (nSPS) is 16.7. The summed E-state index contributed by atoms with van der Waals surface area (Å²) >= 11 is 0. The summed E-state index contributed by atoms with van der Waals surface area (Å²) in [5.41, 5.74) is 0.910. The minimum absolute atomic E-state index is 0.0111. The van der Waals surface area contributed by atoms with Crippen LogP contribution in [0.3, 0.4) is 0 Å². The van der Waals surface area contributed by atoms with Crippen LogP contribution in [0.15, 0.2) is 30.3 Å². The number of hydrogen-bond donors (Lipinski definition) is 4. The zero-order chi connectivity index (χ0) is 33.2. The van der Waals surface area contributed by atoms with Crippen molar-refractivity contribution in [2.45, 2.75) is 102 Å². The number of rotatable bonds is 18. The van der Waals surface area contributed by atoms with Gasteiger partial charge >= 0.3 is 0 Å². The molecule has 1 aliphatic rings. The summed E-state index contributed by atoms with van der Waals surface area (Å²) in [6, 6.07) is 7.77. The van der Waals surface area contributed by atoms with Crippen molar-refractivity contribution in [3.8, 4) is 24.2 Å². The lowest BCUT2D eigenvalue weighted by Gasteiger charge is -2.33. The van der Waals surface area contributed by atoms with Crippen LogP contribution in [0.1, 0.15) is 76.7 Å². The fourth-order valence-electron chi connectivity index (χ4n) is 5.72. The molecule has 5 atom stereocenters. The van der Waals surface area contributed by atoms with Gasteiger partial charge in [0, 0.05) is 39.4 Å². The first-order valence-electron chi connectivity index (χ1n) is 16.3. The third-order valence-electron chi connectivity index (χ3n) is 8.57. The van der Waals surface area contributed by atoms with E-state index < -0.39 is 42.0 Å². The lowest BCUT2D eigenvalue weighted by Crippen LogP contribution is -2.56. The van der Waals surface area contributed by atoms with Crippen molar-refractivity contribution >= 4 is 17.7 Å². The van der Waals surface area contributed by atoms with Gasteiger partial charge in [-0.1, -0.05) is 62.4 Å². The second kappa shape index (κ2) is 20.6. The molecular weight excluding hydrogens is 568 g/mol. The SMILES string of the molecule is C#CCC[C@H](O)[C@H](O)[C@H](CC1CCCCC1)NC(=O)[C@H](CC#CC)NC(=O)[C@@H](CC(=O)N(C)CCN(C)C)Cc1ccccc1. The average Bonchev–Trinajstić information content (AvgIpc) is 3.04. The van der Waals surface area contributed by atoms with E-state index in [2.05, 4.69) is 28.4 Å². The number of carbonyl (C=O) groups is 3. The molecule has 0 heterocycles. The fourth-order valence-corrected chi connectivity index (χ4v) is 5.72. The van der Waals surface area contributed by atoms with Gasteiger partial charge in [0.1, 0.15) is 12.1 Å². The molecule has 4 N–H and O–H groups in total. The van der Waals surface area contributed by atoms with Crippen molar-refractivity contribution in [1.82, 2.24) is 20.4 Å². The van der Waals surface area contributed by atoms with E-state index in [-0.39, 0.29) is 25.2 Å². The predicted octanol–water partition coefficient (Wildman–Crippen LogP) is 2.74. The molecule has 1 aliphatic carbocycles. The molecule has 9 heteroatoms. The molecule has 2 rings (SSSR count). The molecule has 45 heavy (non-hydrogen) atoms. The third-order valence-corrected chi connectivity index (χ3v) is 8.57. The van der Waals surface area contributed by atoms with E-state index in [0.717, 1.165) is 31.2 Å². The topological polar surface area (TPSA) is 122 Å². The first-order valence-corrected chi connectivity index (χ1v) is 16.3. The minimum Gasteiger partial charge on any atom is -0.390 e. The Kier molecular flexibility index (Phi) is 17.3. The average molecular weight is 623 g/mol. The Hall–Kier alpha value is -3.37. The maximum Gasteiger partial charge on any atom is 0.243 e. The Bertz CT molecular complexity index is 1150. The number of carbonyl (C=O) groups excluding carboxylic acids is 3. The van der Waals surface area contributed by atoms with Crippen molar-refractivity contribution in [3.05, 3.63) is 35.9 Å². The molecule has 9 nitrogen and oxygen atoms in total. The molecule has 248 valence electrons. The Balaban J connectivity index is 2.25. The number of nitrogens with one attached hydrogen (secondary N) is 2. The molecule has 1 aromatic carbocycles. The monoisotopic (exact) mass is 622 g/mol. The van der Waals surface area contributed by atoms with Crippen molar-refractivity contribution in [2.24, 2.45) is 11.8 Å². The van der Waals surface area contributed by atoms with Crippen LogP contribution in [0.5, 0.6) is 0 Å². The van der Waals surface area contributed by atoms with E-state index in [1.165, 1.54) is 6.42 Å². The minimum atomic E-state index is -1.21. The molecule has 0 aromatic heterocycles. The summed E-state index contributed by atoms with van der Waals surface area (Å²) in [5, 5.41) is 27.6. The molecule has 0 radical (unpaired) electrons. The number of likely N-dealkylation sites (N-methyl/N-ethyl adjacent to an activating group) is 2. The highest BCUT2D eigenvalue weighted by atomic mass is 16.3. The number of nitrogens with zero attached hydrogens (tertiary/aromatic N) is 2. The van der Waals surface area contributed by atoms with Crippen LogP contribution in [0, 0.1) is 36.0 Å². The van der Waals surface area contributed by atoms with E-state index in [1.807, 2.05) is 49.3 Å². The van der Waals surface area contributed by atoms with Gasteiger partial charge in [0.2, 0.25) is 17.7 Å². The largest absolute Gasteiger partial charge is 0.390 e. The Morgan fingerprint density at radius 2 is 1.69 bits per heavy atom. The molecule has 1 saturated carbocycles. The number of hydrogen-bond acceptors (Lipinski definition) is 6. The van der Waals surface area contributed by atoms with Gasteiger partial charge in [0.05, 0.1) is 18.1 Å².